The first kappa shape index (κ1) is 8.54. The highest BCUT2D eigenvalue weighted by atomic mass is 35.5. The normalized spacial score (nSPS) is 18.8. The summed E-state index contributed by atoms with van der Waals surface area (Å²) in [6.07, 6.45) is 4.76. The number of Topliss-reactive ketones (excluding diaryl/α,β-unsaturated/α-hetero) is 1. The summed E-state index contributed by atoms with van der Waals surface area (Å²) in [6, 6.07) is 0. The fourth-order valence-corrected chi connectivity index (χ4v) is 1.54. The number of ketones is 1. The summed E-state index contributed by atoms with van der Waals surface area (Å²) in [7, 11) is 0. The number of hydrogen-bond donors (Lipinski definition) is 0. The number of allylic oxidation sites excluding steroid dienone is 3. The molecular weight excluding hydrogens is 160 g/mol. The molecule has 0 saturated carbocycles. The Labute approximate surface area is 71.7 Å². The van der Waals surface area contributed by atoms with Crippen LogP contribution in [0.1, 0.15) is 25.7 Å². The van der Waals surface area contributed by atoms with Crippen molar-refractivity contribution in [3.63, 3.8) is 0 Å². The zero-order valence-corrected chi connectivity index (χ0v) is 7.16. The Kier molecular flexibility index (Phi) is 2.89. The SMILES string of the molecule is C=CCC1=C(Cl)CCCC1=O. The monoisotopic (exact) mass is 170 g/mol. The molecule has 0 aliphatic heterocycles. The lowest BCUT2D eigenvalue weighted by atomic mass is 9.96. The van der Waals surface area contributed by atoms with Crippen LogP contribution < -0.4 is 0 Å². The molecule has 0 bridgehead atoms. The molecular formula is C9H11ClO. The second kappa shape index (κ2) is 3.72. The highest BCUT2D eigenvalue weighted by Crippen LogP contribution is 2.26. The lowest BCUT2D eigenvalue weighted by Gasteiger charge is -2.12. The van der Waals surface area contributed by atoms with Gasteiger partial charge in [0.15, 0.2) is 5.78 Å². The van der Waals surface area contributed by atoms with Crippen LogP contribution >= 0.6 is 11.6 Å². The maximum absolute atomic E-state index is 11.2. The Bertz CT molecular complexity index is 216. The molecule has 0 saturated heterocycles. The first-order valence-corrected chi connectivity index (χ1v) is 4.15. The molecule has 1 aliphatic carbocycles. The van der Waals surface area contributed by atoms with Gasteiger partial charge in [0.05, 0.1) is 0 Å². The summed E-state index contributed by atoms with van der Waals surface area (Å²) in [5.74, 6) is 0.196. The van der Waals surface area contributed by atoms with E-state index < -0.39 is 0 Å². The minimum Gasteiger partial charge on any atom is -0.294 e. The summed E-state index contributed by atoms with van der Waals surface area (Å²) < 4.78 is 0. The molecule has 1 nitrogen and oxygen atoms in total. The topological polar surface area (TPSA) is 17.1 Å². The van der Waals surface area contributed by atoms with Crippen LogP contribution in [0.5, 0.6) is 0 Å². The van der Waals surface area contributed by atoms with E-state index in [2.05, 4.69) is 6.58 Å². The predicted octanol–water partition coefficient (Wildman–Crippen LogP) is 2.81. The standard InChI is InChI=1S/C9H11ClO/c1-2-4-7-8(10)5-3-6-9(7)11/h2H,1,3-6H2. The van der Waals surface area contributed by atoms with Gasteiger partial charge in [0, 0.05) is 17.0 Å². The fourth-order valence-electron chi connectivity index (χ4n) is 1.23. The second-order valence-corrected chi connectivity index (χ2v) is 3.11. The predicted molar refractivity (Wildman–Crippen MR) is 46.6 cm³/mol. The van der Waals surface area contributed by atoms with E-state index in [0.717, 1.165) is 23.4 Å². The van der Waals surface area contributed by atoms with Gasteiger partial charge in [0.25, 0.3) is 0 Å². The van der Waals surface area contributed by atoms with E-state index in [9.17, 15) is 4.79 Å². The molecule has 0 aromatic heterocycles. The van der Waals surface area contributed by atoms with Crippen LogP contribution in [0.3, 0.4) is 0 Å². The molecule has 0 fully saturated rings. The van der Waals surface area contributed by atoms with Gasteiger partial charge in [-0.1, -0.05) is 17.7 Å². The molecule has 0 amide bonds. The number of carbonyl (C=O) groups excluding carboxylic acids is 1. The van der Waals surface area contributed by atoms with Gasteiger partial charge in [-0.15, -0.1) is 6.58 Å². The fraction of sp³-hybridized carbons (Fsp3) is 0.444. The van der Waals surface area contributed by atoms with Gasteiger partial charge in [-0.05, 0) is 19.3 Å². The molecule has 0 heterocycles. The van der Waals surface area contributed by atoms with Crippen LogP contribution in [-0.4, -0.2) is 5.78 Å². The number of hydrogen-bond acceptors (Lipinski definition) is 1. The van der Waals surface area contributed by atoms with Gasteiger partial charge in [-0.25, -0.2) is 0 Å². The van der Waals surface area contributed by atoms with Crippen LogP contribution in [0.2, 0.25) is 0 Å². The van der Waals surface area contributed by atoms with Crippen LogP contribution in [0.4, 0.5) is 0 Å². The maximum Gasteiger partial charge on any atom is 0.160 e. The molecule has 2 heteroatoms. The van der Waals surface area contributed by atoms with Gasteiger partial charge >= 0.3 is 0 Å². The molecule has 11 heavy (non-hydrogen) atoms. The summed E-state index contributed by atoms with van der Waals surface area (Å²) in [6.45, 7) is 3.58. The largest absolute Gasteiger partial charge is 0.294 e. The molecule has 0 radical (unpaired) electrons. The van der Waals surface area contributed by atoms with Crippen molar-refractivity contribution in [1.29, 1.82) is 0 Å². The van der Waals surface area contributed by atoms with Crippen molar-refractivity contribution in [2.75, 3.05) is 0 Å². The molecule has 60 valence electrons. The minimum absolute atomic E-state index is 0.196. The zero-order valence-electron chi connectivity index (χ0n) is 6.40. The Hall–Kier alpha value is -0.560. The highest BCUT2D eigenvalue weighted by Gasteiger charge is 2.17. The average molecular weight is 171 g/mol. The van der Waals surface area contributed by atoms with Crippen molar-refractivity contribution in [1.82, 2.24) is 0 Å². The van der Waals surface area contributed by atoms with E-state index in [-0.39, 0.29) is 5.78 Å². The van der Waals surface area contributed by atoms with E-state index in [1.165, 1.54) is 0 Å². The van der Waals surface area contributed by atoms with Gasteiger partial charge < -0.3 is 0 Å². The minimum atomic E-state index is 0.196. The number of halogens is 1. The van der Waals surface area contributed by atoms with E-state index >= 15 is 0 Å². The van der Waals surface area contributed by atoms with Crippen LogP contribution in [-0.2, 0) is 4.79 Å². The van der Waals surface area contributed by atoms with Crippen molar-refractivity contribution in [2.45, 2.75) is 25.7 Å². The molecule has 1 aliphatic rings. The molecule has 0 aromatic rings. The Morgan fingerprint density at radius 3 is 2.82 bits per heavy atom. The number of carbonyl (C=O) groups is 1. The lowest BCUT2D eigenvalue weighted by molar-refractivity contribution is -0.116. The quantitative estimate of drug-likeness (QED) is 0.583. The molecule has 0 unspecified atom stereocenters. The first-order valence-electron chi connectivity index (χ1n) is 3.77. The number of rotatable bonds is 2. The summed E-state index contributed by atoms with van der Waals surface area (Å²) in [4.78, 5) is 11.2. The van der Waals surface area contributed by atoms with Crippen molar-refractivity contribution in [3.05, 3.63) is 23.3 Å². The molecule has 0 atom stereocenters. The van der Waals surface area contributed by atoms with Crippen LogP contribution in [0, 0.1) is 0 Å². The Morgan fingerprint density at radius 2 is 2.27 bits per heavy atom. The third kappa shape index (κ3) is 1.93. The third-order valence-corrected chi connectivity index (χ3v) is 2.23. The lowest BCUT2D eigenvalue weighted by Crippen LogP contribution is -2.08. The maximum atomic E-state index is 11.2. The van der Waals surface area contributed by atoms with Crippen LogP contribution in [0.25, 0.3) is 0 Å². The van der Waals surface area contributed by atoms with Gasteiger partial charge in [0.1, 0.15) is 0 Å². The Balaban J connectivity index is 2.81. The molecule has 0 N–H and O–H groups in total. The molecule has 0 aromatic carbocycles. The molecule has 0 spiro atoms. The van der Waals surface area contributed by atoms with Crippen molar-refractivity contribution >= 4 is 17.4 Å². The highest BCUT2D eigenvalue weighted by molar-refractivity contribution is 6.32. The van der Waals surface area contributed by atoms with Crippen molar-refractivity contribution < 1.29 is 4.79 Å². The average Bonchev–Trinajstić information content (AvgIpc) is 1.97. The van der Waals surface area contributed by atoms with E-state index in [4.69, 9.17) is 11.6 Å². The van der Waals surface area contributed by atoms with Gasteiger partial charge in [-0.2, -0.15) is 0 Å². The van der Waals surface area contributed by atoms with Gasteiger partial charge in [0.2, 0.25) is 0 Å². The summed E-state index contributed by atoms with van der Waals surface area (Å²) in [5, 5.41) is 0.737. The van der Waals surface area contributed by atoms with Crippen molar-refractivity contribution in [2.24, 2.45) is 0 Å². The van der Waals surface area contributed by atoms with E-state index in [0.29, 0.717) is 12.8 Å². The van der Waals surface area contributed by atoms with E-state index in [1.807, 2.05) is 0 Å². The summed E-state index contributed by atoms with van der Waals surface area (Å²) in [5.41, 5.74) is 0.771. The smallest absolute Gasteiger partial charge is 0.160 e. The van der Waals surface area contributed by atoms with E-state index in [1.54, 1.807) is 6.08 Å². The van der Waals surface area contributed by atoms with Crippen molar-refractivity contribution in [3.8, 4) is 0 Å². The summed E-state index contributed by atoms with van der Waals surface area (Å²) >= 11 is 5.87. The molecule has 1 rings (SSSR count). The zero-order chi connectivity index (χ0) is 8.27. The second-order valence-electron chi connectivity index (χ2n) is 2.65. The van der Waals surface area contributed by atoms with Gasteiger partial charge in [-0.3, -0.25) is 4.79 Å². The first-order chi connectivity index (χ1) is 5.25. The Morgan fingerprint density at radius 1 is 1.55 bits per heavy atom. The third-order valence-electron chi connectivity index (χ3n) is 1.81. The van der Waals surface area contributed by atoms with Crippen LogP contribution in [0.15, 0.2) is 23.3 Å².